The molecule has 9 heteroatoms. The van der Waals surface area contributed by atoms with Gasteiger partial charge in [-0.1, -0.05) is 50.6 Å². The molecule has 0 spiro atoms. The number of ether oxygens (including phenoxy) is 5. The number of esters is 4. The molecule has 0 heterocycles. The predicted molar refractivity (Wildman–Crippen MR) is 174 cm³/mol. The summed E-state index contributed by atoms with van der Waals surface area (Å²) in [6.07, 6.45) is -0.873. The molecule has 46 heavy (non-hydrogen) atoms. The summed E-state index contributed by atoms with van der Waals surface area (Å²) in [5.74, 6) is -1.22. The van der Waals surface area contributed by atoms with Crippen molar-refractivity contribution < 1.29 is 42.9 Å². The molecule has 0 aromatic heterocycles. The highest BCUT2D eigenvalue weighted by Gasteiger charge is 2.19. The smallest absolute Gasteiger partial charge is 0.338 e. The minimum Gasteiger partial charge on any atom is -0.483 e. The maximum Gasteiger partial charge on any atom is 0.338 e. The first-order valence-electron chi connectivity index (χ1n) is 14.2. The molecule has 0 N–H and O–H groups in total. The molecule has 0 saturated carbocycles. The Morgan fingerprint density at radius 2 is 0.848 bits per heavy atom. The third kappa shape index (κ3) is 10.2. The highest BCUT2D eigenvalue weighted by molar-refractivity contribution is 5.90. The lowest BCUT2D eigenvalue weighted by atomic mass is 9.98. The Morgan fingerprint density at radius 1 is 0.500 bits per heavy atom. The molecule has 3 aromatic rings. The second-order valence-electron chi connectivity index (χ2n) is 10.6. The Bertz CT molecular complexity index is 1560. The third-order valence-corrected chi connectivity index (χ3v) is 6.20. The molecule has 0 bridgehead atoms. The lowest BCUT2D eigenvalue weighted by Crippen LogP contribution is -2.31. The normalized spacial score (nSPS) is 10.4. The van der Waals surface area contributed by atoms with Gasteiger partial charge in [-0.25, -0.2) is 19.2 Å². The lowest BCUT2D eigenvalue weighted by Gasteiger charge is -2.21. The van der Waals surface area contributed by atoms with E-state index in [0.29, 0.717) is 17.2 Å². The van der Waals surface area contributed by atoms with Crippen LogP contribution in [0.4, 0.5) is 0 Å². The first-order valence-corrected chi connectivity index (χ1v) is 14.2. The first-order chi connectivity index (χ1) is 21.7. The van der Waals surface area contributed by atoms with Gasteiger partial charge in [0.1, 0.15) is 30.5 Å². The van der Waals surface area contributed by atoms with E-state index in [4.69, 9.17) is 23.7 Å². The van der Waals surface area contributed by atoms with Gasteiger partial charge in [0.25, 0.3) is 0 Å². The Kier molecular flexibility index (Phi) is 12.0. The molecule has 0 aliphatic heterocycles. The summed E-state index contributed by atoms with van der Waals surface area (Å²) in [7, 11) is 0. The zero-order valence-corrected chi connectivity index (χ0v) is 26.3. The highest BCUT2D eigenvalue weighted by Crippen LogP contribution is 2.34. The summed E-state index contributed by atoms with van der Waals surface area (Å²) in [4.78, 5) is 48.1. The standard InChI is InChI=1S/C37H36O9/c1-22(2)34(38)42-20-33(21-43-35(39)23(3)4)44-32-18-28(26-9-13-30(14-10-26)45-36(40)24(5)6)17-29(19-32)27-11-15-31(16-12-27)46-37(41)25(7)8/h9-19,33H,1,3,5,7,20-21H2,2,4,6,8H3. The number of carbonyl (C=O) groups excluding carboxylic acids is 4. The van der Waals surface area contributed by atoms with Gasteiger partial charge in [-0.3, -0.25) is 0 Å². The number of hydrogen-bond donors (Lipinski definition) is 0. The average molecular weight is 625 g/mol. The van der Waals surface area contributed by atoms with Gasteiger partial charge in [-0.05, 0) is 92.4 Å². The number of rotatable bonds is 14. The van der Waals surface area contributed by atoms with Crippen LogP contribution in [0.1, 0.15) is 27.7 Å². The quantitative estimate of drug-likeness (QED) is 0.107. The molecule has 0 saturated heterocycles. The maximum absolute atomic E-state index is 12.1. The van der Waals surface area contributed by atoms with Gasteiger partial charge in [-0.2, -0.15) is 0 Å². The van der Waals surface area contributed by atoms with Gasteiger partial charge in [-0.15, -0.1) is 0 Å². The lowest BCUT2D eigenvalue weighted by molar-refractivity contribution is -0.146. The van der Waals surface area contributed by atoms with Crippen LogP contribution in [-0.2, 0) is 28.7 Å². The van der Waals surface area contributed by atoms with Crippen LogP contribution in [0.5, 0.6) is 17.2 Å². The fraction of sp³-hybridized carbons (Fsp3) is 0.189. The van der Waals surface area contributed by atoms with Crippen LogP contribution in [0, 0.1) is 0 Å². The van der Waals surface area contributed by atoms with Crippen molar-refractivity contribution in [2.24, 2.45) is 0 Å². The summed E-state index contributed by atoms with van der Waals surface area (Å²) in [6.45, 7) is 20.1. The fourth-order valence-corrected chi connectivity index (χ4v) is 3.71. The zero-order valence-electron chi connectivity index (χ0n) is 26.3. The van der Waals surface area contributed by atoms with Crippen molar-refractivity contribution in [1.29, 1.82) is 0 Å². The van der Waals surface area contributed by atoms with Gasteiger partial charge in [0.05, 0.1) is 0 Å². The van der Waals surface area contributed by atoms with Crippen molar-refractivity contribution in [3.63, 3.8) is 0 Å². The highest BCUT2D eigenvalue weighted by atomic mass is 16.6. The van der Waals surface area contributed by atoms with Crippen LogP contribution in [0.25, 0.3) is 22.3 Å². The van der Waals surface area contributed by atoms with E-state index in [0.717, 1.165) is 22.3 Å². The monoisotopic (exact) mass is 624 g/mol. The van der Waals surface area contributed by atoms with Crippen molar-refractivity contribution >= 4 is 23.9 Å². The molecule has 0 atom stereocenters. The molecule has 0 amide bonds. The van der Waals surface area contributed by atoms with Gasteiger partial charge in [0.2, 0.25) is 0 Å². The Labute approximate surface area is 268 Å². The Balaban J connectivity index is 2.00. The molecule has 0 fully saturated rings. The molecule has 3 rings (SSSR count). The molecule has 238 valence electrons. The van der Waals surface area contributed by atoms with Crippen LogP contribution in [0.15, 0.2) is 115 Å². The van der Waals surface area contributed by atoms with Crippen molar-refractivity contribution in [3.8, 4) is 39.5 Å². The van der Waals surface area contributed by atoms with E-state index in [1.54, 1.807) is 74.5 Å². The predicted octanol–water partition coefficient (Wildman–Crippen LogP) is 6.97. The van der Waals surface area contributed by atoms with Gasteiger partial charge >= 0.3 is 23.9 Å². The molecular weight excluding hydrogens is 588 g/mol. The summed E-state index contributed by atoms with van der Waals surface area (Å²) in [6, 6.07) is 19.2. The number of hydrogen-bond acceptors (Lipinski definition) is 9. The maximum atomic E-state index is 12.1. The van der Waals surface area contributed by atoms with Crippen molar-refractivity contribution in [2.75, 3.05) is 13.2 Å². The van der Waals surface area contributed by atoms with Crippen molar-refractivity contribution in [3.05, 3.63) is 115 Å². The zero-order chi connectivity index (χ0) is 34.0. The minimum absolute atomic E-state index is 0.205. The Hall–Kier alpha value is -5.70. The van der Waals surface area contributed by atoms with E-state index in [1.807, 2.05) is 6.07 Å². The van der Waals surface area contributed by atoms with E-state index in [1.165, 1.54) is 13.8 Å². The molecule has 0 radical (unpaired) electrons. The second kappa shape index (κ2) is 15.9. The summed E-state index contributed by atoms with van der Waals surface area (Å²) >= 11 is 0. The van der Waals surface area contributed by atoms with Gasteiger partial charge < -0.3 is 23.7 Å². The van der Waals surface area contributed by atoms with Crippen LogP contribution >= 0.6 is 0 Å². The Morgan fingerprint density at radius 3 is 1.17 bits per heavy atom. The summed E-state index contributed by atoms with van der Waals surface area (Å²) < 4.78 is 27.5. The largest absolute Gasteiger partial charge is 0.483 e. The van der Waals surface area contributed by atoms with Crippen LogP contribution < -0.4 is 14.2 Å². The number of carbonyl (C=O) groups is 4. The van der Waals surface area contributed by atoms with Gasteiger partial charge in [0.15, 0.2) is 6.10 Å². The van der Waals surface area contributed by atoms with Gasteiger partial charge in [0, 0.05) is 22.3 Å². The fourth-order valence-electron chi connectivity index (χ4n) is 3.71. The SMILES string of the molecule is C=C(C)C(=O)OCC(COC(=O)C(=C)C)Oc1cc(-c2ccc(OC(=O)C(=C)C)cc2)cc(-c2ccc(OC(=O)C(=C)C)cc2)c1. The van der Waals surface area contributed by atoms with Crippen LogP contribution in [0.3, 0.4) is 0 Å². The van der Waals surface area contributed by atoms with Crippen LogP contribution in [-0.4, -0.2) is 43.2 Å². The summed E-state index contributed by atoms with van der Waals surface area (Å²) in [5.41, 5.74) is 3.97. The molecular formula is C37H36O9. The van der Waals surface area contributed by atoms with Crippen molar-refractivity contribution in [2.45, 2.75) is 33.8 Å². The molecule has 3 aromatic carbocycles. The van der Waals surface area contributed by atoms with Crippen LogP contribution in [0.2, 0.25) is 0 Å². The number of benzene rings is 3. The van der Waals surface area contributed by atoms with Crippen molar-refractivity contribution in [1.82, 2.24) is 0 Å². The van der Waals surface area contributed by atoms with E-state index in [2.05, 4.69) is 26.3 Å². The molecule has 9 nitrogen and oxygen atoms in total. The van der Waals surface area contributed by atoms with E-state index >= 15 is 0 Å². The molecule has 0 unspecified atom stereocenters. The first kappa shape index (κ1) is 34.8. The molecule has 0 aliphatic carbocycles. The van der Waals surface area contributed by atoms with E-state index in [-0.39, 0.29) is 35.5 Å². The minimum atomic E-state index is -0.873. The van der Waals surface area contributed by atoms with E-state index < -0.39 is 30.0 Å². The average Bonchev–Trinajstić information content (AvgIpc) is 3.02. The molecule has 0 aliphatic rings. The third-order valence-electron chi connectivity index (χ3n) is 6.20. The summed E-state index contributed by atoms with van der Waals surface area (Å²) in [5, 5.41) is 0. The van der Waals surface area contributed by atoms with E-state index in [9.17, 15) is 19.2 Å². The topological polar surface area (TPSA) is 114 Å². The second-order valence-corrected chi connectivity index (χ2v) is 10.6.